The maximum Gasteiger partial charge on any atom is 0.137 e. The minimum atomic E-state index is 0.434. The fourth-order valence-corrected chi connectivity index (χ4v) is 1.90. The van der Waals surface area contributed by atoms with E-state index in [4.69, 9.17) is 4.74 Å². The van der Waals surface area contributed by atoms with Gasteiger partial charge in [0.2, 0.25) is 0 Å². The topological polar surface area (TPSA) is 49.9 Å². The van der Waals surface area contributed by atoms with Gasteiger partial charge in [0.05, 0.1) is 24.5 Å². The molecule has 78 valence electrons. The molecule has 0 unspecified atom stereocenters. The van der Waals surface area contributed by atoms with E-state index in [-0.39, 0.29) is 0 Å². The van der Waals surface area contributed by atoms with Gasteiger partial charge in [-0.3, -0.25) is 0 Å². The van der Waals surface area contributed by atoms with Crippen molar-refractivity contribution in [2.75, 3.05) is 18.5 Å². The van der Waals surface area contributed by atoms with Crippen LogP contribution in [0.3, 0.4) is 0 Å². The first-order chi connectivity index (χ1) is 7.42. The molecule has 1 fully saturated rings. The van der Waals surface area contributed by atoms with Crippen LogP contribution in [0.4, 0.5) is 5.69 Å². The summed E-state index contributed by atoms with van der Waals surface area (Å²) < 4.78 is 5.31. The lowest BCUT2D eigenvalue weighted by Gasteiger charge is -2.11. The molecule has 2 N–H and O–H groups in total. The third-order valence-corrected chi connectivity index (χ3v) is 2.70. The van der Waals surface area contributed by atoms with Crippen molar-refractivity contribution in [2.24, 2.45) is 0 Å². The molecule has 0 spiro atoms. The highest BCUT2D eigenvalue weighted by Crippen LogP contribution is 2.17. The summed E-state index contributed by atoms with van der Waals surface area (Å²) in [5.74, 6) is 0. The van der Waals surface area contributed by atoms with Gasteiger partial charge in [-0.25, -0.2) is 4.98 Å². The molecule has 1 saturated heterocycles. The highest BCUT2D eigenvalue weighted by molar-refractivity contribution is 5.78. The quantitative estimate of drug-likeness (QED) is 0.782. The lowest BCUT2D eigenvalue weighted by molar-refractivity contribution is 0.195. The van der Waals surface area contributed by atoms with E-state index in [9.17, 15) is 0 Å². The summed E-state index contributed by atoms with van der Waals surface area (Å²) in [7, 11) is 0. The SMILES string of the molecule is c1cc2cc(N[C@H]3CCOC3)cnc2[nH]1. The van der Waals surface area contributed by atoms with Crippen LogP contribution in [0.15, 0.2) is 24.5 Å². The summed E-state index contributed by atoms with van der Waals surface area (Å²) in [5, 5.41) is 4.56. The first kappa shape index (κ1) is 8.73. The van der Waals surface area contributed by atoms with Gasteiger partial charge in [0.15, 0.2) is 0 Å². The second-order valence-electron chi connectivity index (χ2n) is 3.84. The van der Waals surface area contributed by atoms with Crippen molar-refractivity contribution in [3.63, 3.8) is 0 Å². The minimum Gasteiger partial charge on any atom is -0.379 e. The van der Waals surface area contributed by atoms with Gasteiger partial charge in [-0.2, -0.15) is 0 Å². The van der Waals surface area contributed by atoms with Crippen LogP contribution in [0, 0.1) is 0 Å². The highest BCUT2D eigenvalue weighted by Gasteiger charge is 2.15. The molecule has 1 aliphatic heterocycles. The number of ether oxygens (including phenoxy) is 1. The number of aromatic amines is 1. The third kappa shape index (κ3) is 1.68. The number of pyridine rings is 1. The van der Waals surface area contributed by atoms with Crippen LogP contribution in [0.5, 0.6) is 0 Å². The smallest absolute Gasteiger partial charge is 0.137 e. The molecule has 0 aromatic carbocycles. The molecule has 4 nitrogen and oxygen atoms in total. The summed E-state index contributed by atoms with van der Waals surface area (Å²) in [5.41, 5.74) is 2.00. The lowest BCUT2D eigenvalue weighted by atomic mass is 10.2. The van der Waals surface area contributed by atoms with E-state index in [0.29, 0.717) is 6.04 Å². The maximum atomic E-state index is 5.31. The second kappa shape index (κ2) is 3.55. The first-order valence-corrected chi connectivity index (χ1v) is 5.19. The van der Waals surface area contributed by atoms with Gasteiger partial charge in [0, 0.05) is 18.2 Å². The zero-order valence-electron chi connectivity index (χ0n) is 8.36. The van der Waals surface area contributed by atoms with E-state index in [1.807, 2.05) is 18.5 Å². The Bertz CT molecular complexity index is 460. The normalized spacial score (nSPS) is 20.9. The van der Waals surface area contributed by atoms with Crippen LogP contribution in [-0.4, -0.2) is 29.2 Å². The predicted molar refractivity (Wildman–Crippen MR) is 58.9 cm³/mol. The van der Waals surface area contributed by atoms with Crippen LogP contribution in [0.2, 0.25) is 0 Å². The molecule has 3 heterocycles. The number of H-pyrrole nitrogens is 1. The number of nitrogens with zero attached hydrogens (tertiary/aromatic N) is 1. The Morgan fingerprint density at radius 2 is 2.53 bits per heavy atom. The number of anilines is 1. The van der Waals surface area contributed by atoms with Gasteiger partial charge in [0.1, 0.15) is 5.65 Å². The number of rotatable bonds is 2. The van der Waals surface area contributed by atoms with E-state index < -0.39 is 0 Å². The molecule has 4 heteroatoms. The standard InChI is InChI=1S/C11H13N3O/c1-3-12-11-8(1)5-10(6-13-11)14-9-2-4-15-7-9/h1,3,5-6,9,14H,2,4,7H2,(H,12,13)/t9-/m0/s1. The van der Waals surface area contributed by atoms with Crippen molar-refractivity contribution in [3.8, 4) is 0 Å². The van der Waals surface area contributed by atoms with Crippen LogP contribution in [0.25, 0.3) is 11.0 Å². The minimum absolute atomic E-state index is 0.434. The molecule has 1 aliphatic rings. The molecule has 0 amide bonds. The molecule has 2 aromatic heterocycles. The lowest BCUT2D eigenvalue weighted by Crippen LogP contribution is -2.18. The monoisotopic (exact) mass is 203 g/mol. The molecule has 2 aromatic rings. The Labute approximate surface area is 87.7 Å². The van der Waals surface area contributed by atoms with Crippen molar-refractivity contribution < 1.29 is 4.74 Å². The van der Waals surface area contributed by atoms with Crippen molar-refractivity contribution in [2.45, 2.75) is 12.5 Å². The molecule has 0 radical (unpaired) electrons. The van der Waals surface area contributed by atoms with Gasteiger partial charge in [-0.1, -0.05) is 0 Å². The zero-order valence-corrected chi connectivity index (χ0v) is 8.36. The van der Waals surface area contributed by atoms with E-state index in [0.717, 1.165) is 36.4 Å². The molecule has 0 bridgehead atoms. The van der Waals surface area contributed by atoms with E-state index in [1.165, 1.54) is 0 Å². The zero-order chi connectivity index (χ0) is 10.1. The van der Waals surface area contributed by atoms with E-state index in [1.54, 1.807) is 0 Å². The molecule has 1 atom stereocenters. The largest absolute Gasteiger partial charge is 0.379 e. The van der Waals surface area contributed by atoms with Gasteiger partial charge in [0.25, 0.3) is 0 Å². The molecular formula is C11H13N3O. The number of aromatic nitrogens is 2. The Balaban J connectivity index is 1.84. The van der Waals surface area contributed by atoms with Crippen LogP contribution >= 0.6 is 0 Å². The molecular weight excluding hydrogens is 190 g/mol. The van der Waals surface area contributed by atoms with Crippen LogP contribution < -0.4 is 5.32 Å². The van der Waals surface area contributed by atoms with Gasteiger partial charge >= 0.3 is 0 Å². The van der Waals surface area contributed by atoms with Crippen molar-refractivity contribution in [1.29, 1.82) is 0 Å². The fourth-order valence-electron chi connectivity index (χ4n) is 1.90. The summed E-state index contributed by atoms with van der Waals surface area (Å²) in [6, 6.07) is 4.57. The third-order valence-electron chi connectivity index (χ3n) is 2.70. The van der Waals surface area contributed by atoms with Crippen molar-refractivity contribution in [3.05, 3.63) is 24.5 Å². The average molecular weight is 203 g/mol. The predicted octanol–water partition coefficient (Wildman–Crippen LogP) is 1.76. The summed E-state index contributed by atoms with van der Waals surface area (Å²) in [6.45, 7) is 1.66. The molecule has 15 heavy (non-hydrogen) atoms. The van der Waals surface area contributed by atoms with E-state index >= 15 is 0 Å². The van der Waals surface area contributed by atoms with Gasteiger partial charge in [-0.15, -0.1) is 0 Å². The Morgan fingerprint density at radius 1 is 1.53 bits per heavy atom. The summed E-state index contributed by atoms with van der Waals surface area (Å²) in [6.07, 6.45) is 4.84. The number of hydrogen-bond acceptors (Lipinski definition) is 3. The Kier molecular flexibility index (Phi) is 2.07. The van der Waals surface area contributed by atoms with Crippen LogP contribution in [-0.2, 0) is 4.74 Å². The first-order valence-electron chi connectivity index (χ1n) is 5.19. The molecule has 0 aliphatic carbocycles. The number of fused-ring (bicyclic) bond motifs is 1. The Hall–Kier alpha value is -1.55. The van der Waals surface area contributed by atoms with Gasteiger partial charge in [-0.05, 0) is 18.6 Å². The van der Waals surface area contributed by atoms with Crippen molar-refractivity contribution in [1.82, 2.24) is 9.97 Å². The second-order valence-corrected chi connectivity index (χ2v) is 3.84. The number of hydrogen-bond donors (Lipinski definition) is 2. The Morgan fingerprint density at radius 3 is 3.40 bits per heavy atom. The number of nitrogens with one attached hydrogen (secondary N) is 2. The summed E-state index contributed by atoms with van der Waals surface area (Å²) >= 11 is 0. The van der Waals surface area contributed by atoms with Crippen molar-refractivity contribution >= 4 is 16.7 Å². The molecule has 3 rings (SSSR count). The maximum absolute atomic E-state index is 5.31. The molecule has 0 saturated carbocycles. The highest BCUT2D eigenvalue weighted by atomic mass is 16.5. The average Bonchev–Trinajstić information content (AvgIpc) is 2.87. The summed E-state index contributed by atoms with van der Waals surface area (Å²) in [4.78, 5) is 7.40. The fraction of sp³-hybridized carbons (Fsp3) is 0.364. The van der Waals surface area contributed by atoms with E-state index in [2.05, 4.69) is 21.4 Å². The van der Waals surface area contributed by atoms with Crippen LogP contribution in [0.1, 0.15) is 6.42 Å². The van der Waals surface area contributed by atoms with Gasteiger partial charge < -0.3 is 15.0 Å².